The molecule has 1 aromatic rings. The summed E-state index contributed by atoms with van der Waals surface area (Å²) < 4.78 is 0. The first-order valence-corrected chi connectivity index (χ1v) is 22.2. The molecule has 290 valence electrons. The predicted octanol–water partition coefficient (Wildman–Crippen LogP) is 14.3. The van der Waals surface area contributed by atoms with Gasteiger partial charge in [-0.05, 0) is 43.9 Å². The molecule has 4 nitrogen and oxygen atoms in total. The van der Waals surface area contributed by atoms with Crippen molar-refractivity contribution in [2.24, 2.45) is 0 Å². The van der Waals surface area contributed by atoms with Crippen LogP contribution in [0, 0.1) is 13.8 Å². The first-order chi connectivity index (χ1) is 24.5. The number of amides is 2. The second kappa shape index (κ2) is 34.3. The van der Waals surface area contributed by atoms with E-state index in [1.165, 1.54) is 180 Å². The molecule has 0 unspecified atom stereocenters. The maximum atomic E-state index is 13.2. The van der Waals surface area contributed by atoms with Crippen molar-refractivity contribution in [3.05, 3.63) is 34.4 Å². The molecule has 2 amide bonds. The summed E-state index contributed by atoms with van der Waals surface area (Å²) in [6.07, 6.45) is 42.9. The fourth-order valence-electron chi connectivity index (χ4n) is 7.23. The molecule has 1 rings (SSSR count). The summed E-state index contributed by atoms with van der Waals surface area (Å²) in [5.41, 5.74) is 3.01. The number of rotatable bonds is 36. The lowest BCUT2D eigenvalue weighted by Crippen LogP contribution is -2.31. The molecule has 0 aliphatic rings. The smallest absolute Gasteiger partial charge is 0.252 e. The number of unbranched alkanes of at least 4 members (excludes halogenated alkanes) is 30. The van der Waals surface area contributed by atoms with Crippen LogP contribution in [-0.4, -0.2) is 24.9 Å². The van der Waals surface area contributed by atoms with Gasteiger partial charge in [0.05, 0.1) is 11.1 Å². The standard InChI is InChI=1S/C46H84N2O2/c1-5-7-9-11-13-15-17-19-21-23-25-27-29-31-33-35-39-47-45(49)43-38-37-41(3)42(4)44(43)46(50)48-40-36-34-32-30-28-26-24-22-20-18-16-14-12-10-8-6-2/h37-38H,5-36,39-40H2,1-4H3,(H,47,49)(H,48,50). The van der Waals surface area contributed by atoms with E-state index >= 15 is 0 Å². The van der Waals surface area contributed by atoms with Crippen molar-refractivity contribution in [3.63, 3.8) is 0 Å². The van der Waals surface area contributed by atoms with Gasteiger partial charge in [-0.3, -0.25) is 9.59 Å². The van der Waals surface area contributed by atoms with E-state index in [-0.39, 0.29) is 11.8 Å². The molecule has 0 radical (unpaired) electrons. The second-order valence-electron chi connectivity index (χ2n) is 15.5. The molecule has 0 spiro atoms. The molecule has 50 heavy (non-hydrogen) atoms. The van der Waals surface area contributed by atoms with Crippen LogP contribution in [0.1, 0.15) is 251 Å². The summed E-state index contributed by atoms with van der Waals surface area (Å²) in [6, 6.07) is 3.79. The van der Waals surface area contributed by atoms with E-state index in [9.17, 15) is 9.59 Å². The van der Waals surface area contributed by atoms with Crippen LogP contribution >= 0.6 is 0 Å². The van der Waals surface area contributed by atoms with Gasteiger partial charge in [-0.15, -0.1) is 0 Å². The molecular weight excluding hydrogens is 613 g/mol. The van der Waals surface area contributed by atoms with Gasteiger partial charge in [0.2, 0.25) is 0 Å². The Kier molecular flexibility index (Phi) is 31.6. The number of hydrogen-bond acceptors (Lipinski definition) is 2. The Morgan fingerprint density at radius 2 is 0.680 bits per heavy atom. The van der Waals surface area contributed by atoms with Crippen molar-refractivity contribution in [1.29, 1.82) is 0 Å². The molecule has 0 atom stereocenters. The minimum absolute atomic E-state index is 0.111. The fraction of sp³-hybridized carbons (Fsp3) is 0.826. The highest BCUT2D eigenvalue weighted by molar-refractivity contribution is 6.08. The van der Waals surface area contributed by atoms with Crippen LogP contribution in [0.5, 0.6) is 0 Å². The van der Waals surface area contributed by atoms with E-state index in [2.05, 4.69) is 24.5 Å². The third-order valence-electron chi connectivity index (χ3n) is 10.8. The Morgan fingerprint density at radius 3 is 1.00 bits per heavy atom. The number of hydrogen-bond donors (Lipinski definition) is 2. The third kappa shape index (κ3) is 25.2. The van der Waals surface area contributed by atoms with Gasteiger partial charge in [0.15, 0.2) is 0 Å². The maximum Gasteiger partial charge on any atom is 0.252 e. The lowest BCUT2D eigenvalue weighted by molar-refractivity contribution is 0.0918. The summed E-state index contributed by atoms with van der Waals surface area (Å²) in [4.78, 5) is 26.4. The van der Waals surface area contributed by atoms with Crippen molar-refractivity contribution < 1.29 is 9.59 Å². The van der Waals surface area contributed by atoms with Crippen molar-refractivity contribution >= 4 is 11.8 Å². The van der Waals surface area contributed by atoms with Gasteiger partial charge in [0.25, 0.3) is 11.8 Å². The average molecular weight is 697 g/mol. The average Bonchev–Trinajstić information content (AvgIpc) is 3.11. The summed E-state index contributed by atoms with van der Waals surface area (Å²) in [5, 5.41) is 6.22. The monoisotopic (exact) mass is 697 g/mol. The number of nitrogens with one attached hydrogen (secondary N) is 2. The second-order valence-corrected chi connectivity index (χ2v) is 15.5. The minimum atomic E-state index is -0.124. The normalized spacial score (nSPS) is 11.3. The largest absolute Gasteiger partial charge is 0.352 e. The van der Waals surface area contributed by atoms with Gasteiger partial charge >= 0.3 is 0 Å². The van der Waals surface area contributed by atoms with Crippen molar-refractivity contribution in [3.8, 4) is 0 Å². The fourth-order valence-corrected chi connectivity index (χ4v) is 7.23. The van der Waals surface area contributed by atoms with E-state index in [0.717, 1.165) is 36.8 Å². The molecule has 0 aliphatic carbocycles. The molecule has 2 N–H and O–H groups in total. The summed E-state index contributed by atoms with van der Waals surface area (Å²) >= 11 is 0. The van der Waals surface area contributed by atoms with E-state index < -0.39 is 0 Å². The van der Waals surface area contributed by atoms with Crippen LogP contribution in [0.2, 0.25) is 0 Å². The van der Waals surface area contributed by atoms with E-state index in [1.54, 1.807) is 0 Å². The lowest BCUT2D eigenvalue weighted by Gasteiger charge is -2.15. The number of carbonyl (C=O) groups is 2. The first-order valence-electron chi connectivity index (χ1n) is 22.2. The summed E-state index contributed by atoms with van der Waals surface area (Å²) in [5.74, 6) is -0.235. The highest BCUT2D eigenvalue weighted by Crippen LogP contribution is 2.20. The number of carbonyl (C=O) groups excluding carboxylic acids is 2. The van der Waals surface area contributed by atoms with Gasteiger partial charge in [-0.25, -0.2) is 0 Å². The molecule has 0 aliphatic heterocycles. The zero-order valence-electron chi connectivity index (χ0n) is 34.0. The molecular formula is C46H84N2O2. The maximum absolute atomic E-state index is 13.2. The van der Waals surface area contributed by atoms with Crippen LogP contribution in [-0.2, 0) is 0 Å². The molecule has 4 heteroatoms. The van der Waals surface area contributed by atoms with Crippen molar-refractivity contribution in [2.45, 2.75) is 233 Å². The Hall–Kier alpha value is -1.84. The van der Waals surface area contributed by atoms with Crippen LogP contribution < -0.4 is 10.6 Å². The SMILES string of the molecule is CCCCCCCCCCCCCCCCCCNC(=O)c1ccc(C)c(C)c1C(=O)NCCCCCCCCCCCCCCCCCC. The number of aryl methyl sites for hydroxylation is 1. The lowest BCUT2D eigenvalue weighted by atomic mass is 9.96. The van der Waals surface area contributed by atoms with Gasteiger partial charge < -0.3 is 10.6 Å². The first kappa shape index (κ1) is 46.2. The molecule has 0 saturated carbocycles. The Balaban J connectivity index is 2.11. The van der Waals surface area contributed by atoms with Gasteiger partial charge in [-0.1, -0.05) is 213 Å². The Labute approximate surface area is 311 Å². The van der Waals surface area contributed by atoms with Crippen LogP contribution in [0.15, 0.2) is 12.1 Å². The van der Waals surface area contributed by atoms with E-state index in [1.807, 2.05) is 26.0 Å². The highest BCUT2D eigenvalue weighted by atomic mass is 16.2. The summed E-state index contributed by atoms with van der Waals surface area (Å²) in [6.45, 7) is 9.89. The third-order valence-corrected chi connectivity index (χ3v) is 10.8. The molecule has 0 saturated heterocycles. The molecule has 0 fully saturated rings. The summed E-state index contributed by atoms with van der Waals surface area (Å²) in [7, 11) is 0. The topological polar surface area (TPSA) is 58.2 Å². The highest BCUT2D eigenvalue weighted by Gasteiger charge is 2.20. The molecule has 0 heterocycles. The van der Waals surface area contributed by atoms with Crippen molar-refractivity contribution in [1.82, 2.24) is 10.6 Å². The van der Waals surface area contributed by atoms with E-state index in [4.69, 9.17) is 0 Å². The quantitative estimate of drug-likeness (QED) is 0.0686. The Morgan fingerprint density at radius 1 is 0.400 bits per heavy atom. The zero-order chi connectivity index (χ0) is 36.3. The zero-order valence-corrected chi connectivity index (χ0v) is 34.0. The van der Waals surface area contributed by atoms with Crippen LogP contribution in [0.3, 0.4) is 0 Å². The van der Waals surface area contributed by atoms with Gasteiger partial charge in [0.1, 0.15) is 0 Å². The molecule has 0 bridgehead atoms. The molecule has 1 aromatic carbocycles. The Bertz CT molecular complexity index is 942. The van der Waals surface area contributed by atoms with Gasteiger partial charge in [-0.2, -0.15) is 0 Å². The van der Waals surface area contributed by atoms with Crippen LogP contribution in [0.4, 0.5) is 0 Å². The minimum Gasteiger partial charge on any atom is -0.352 e. The predicted molar refractivity (Wildman–Crippen MR) is 220 cm³/mol. The van der Waals surface area contributed by atoms with Gasteiger partial charge in [0, 0.05) is 13.1 Å². The number of benzene rings is 1. The van der Waals surface area contributed by atoms with E-state index in [0.29, 0.717) is 24.2 Å². The van der Waals surface area contributed by atoms with Crippen molar-refractivity contribution in [2.75, 3.05) is 13.1 Å². The van der Waals surface area contributed by atoms with Crippen LogP contribution in [0.25, 0.3) is 0 Å². The molecule has 0 aromatic heterocycles.